The summed E-state index contributed by atoms with van der Waals surface area (Å²) in [4.78, 5) is 0. The van der Waals surface area contributed by atoms with Crippen molar-refractivity contribution in [1.29, 1.82) is 0 Å². The zero-order chi connectivity index (χ0) is 14.9. The van der Waals surface area contributed by atoms with Crippen molar-refractivity contribution in [2.45, 2.75) is 4.21 Å². The lowest BCUT2D eigenvalue weighted by molar-refractivity contribution is 0.603. The number of nitrogens with zero attached hydrogens (tertiary/aromatic N) is 3. The predicted octanol–water partition coefficient (Wildman–Crippen LogP) is 2.34. The maximum atomic E-state index is 12.1. The third-order valence-electron chi connectivity index (χ3n) is 2.87. The summed E-state index contributed by atoms with van der Waals surface area (Å²) in [5.41, 5.74) is 1.38. The molecule has 0 fully saturated rings. The summed E-state index contributed by atoms with van der Waals surface area (Å²) in [6.07, 6.45) is 1.61. The van der Waals surface area contributed by atoms with Crippen molar-refractivity contribution in [1.82, 2.24) is 14.8 Å². The third kappa shape index (κ3) is 2.81. The minimum absolute atomic E-state index is 0.292. The highest BCUT2D eigenvalue weighted by Gasteiger charge is 2.15. The maximum Gasteiger partial charge on any atom is 0.271 e. The molecule has 0 saturated carbocycles. The number of benzene rings is 1. The summed E-state index contributed by atoms with van der Waals surface area (Å²) in [5.74, 6) is 0.725. The van der Waals surface area contributed by atoms with Crippen LogP contribution >= 0.6 is 11.3 Å². The molecule has 108 valence electrons. The number of anilines is 1. The smallest absolute Gasteiger partial charge is 0.271 e. The van der Waals surface area contributed by atoms with E-state index < -0.39 is 10.0 Å². The number of sulfonamides is 1. The fourth-order valence-electron chi connectivity index (χ4n) is 1.85. The van der Waals surface area contributed by atoms with Gasteiger partial charge in [-0.2, -0.15) is 0 Å². The molecule has 6 nitrogen and oxygen atoms in total. The molecule has 0 aliphatic heterocycles. The van der Waals surface area contributed by atoms with Gasteiger partial charge in [-0.3, -0.25) is 4.72 Å². The molecule has 21 heavy (non-hydrogen) atoms. The molecule has 0 aliphatic rings. The van der Waals surface area contributed by atoms with Crippen LogP contribution in [0.15, 0.2) is 52.3 Å². The molecular weight excluding hydrogens is 308 g/mol. The van der Waals surface area contributed by atoms with E-state index in [1.165, 1.54) is 11.3 Å². The van der Waals surface area contributed by atoms with Crippen LogP contribution in [0.3, 0.4) is 0 Å². The van der Waals surface area contributed by atoms with Gasteiger partial charge in [-0.05, 0) is 35.7 Å². The number of nitrogens with one attached hydrogen (secondary N) is 1. The molecule has 0 bridgehead atoms. The lowest BCUT2D eigenvalue weighted by atomic mass is 10.2. The molecule has 1 N–H and O–H groups in total. The zero-order valence-corrected chi connectivity index (χ0v) is 12.7. The SMILES string of the molecule is Cn1cnnc1-c1ccc(NS(=O)(=O)c2cccs2)cc1. The van der Waals surface area contributed by atoms with Crippen molar-refractivity contribution < 1.29 is 8.42 Å². The van der Waals surface area contributed by atoms with Crippen molar-refractivity contribution in [2.75, 3.05) is 4.72 Å². The molecule has 3 rings (SSSR count). The largest absolute Gasteiger partial charge is 0.317 e. The van der Waals surface area contributed by atoms with Gasteiger partial charge in [0.2, 0.25) is 0 Å². The molecule has 8 heteroatoms. The summed E-state index contributed by atoms with van der Waals surface area (Å²) in [6, 6.07) is 10.3. The van der Waals surface area contributed by atoms with Gasteiger partial charge < -0.3 is 4.57 Å². The number of hydrogen-bond acceptors (Lipinski definition) is 5. The molecule has 3 aromatic rings. The summed E-state index contributed by atoms with van der Waals surface area (Å²) in [6.45, 7) is 0. The highest BCUT2D eigenvalue weighted by atomic mass is 32.2. The van der Waals surface area contributed by atoms with Gasteiger partial charge in [-0.1, -0.05) is 6.07 Å². The van der Waals surface area contributed by atoms with Gasteiger partial charge in [0.15, 0.2) is 5.82 Å². The van der Waals surface area contributed by atoms with E-state index in [0.29, 0.717) is 9.90 Å². The standard InChI is InChI=1S/C13H12N4O2S2/c1-17-9-14-15-13(17)10-4-6-11(7-5-10)16-21(18,19)12-3-2-8-20-12/h2-9,16H,1H3. The fourth-order valence-corrected chi connectivity index (χ4v) is 3.91. The maximum absolute atomic E-state index is 12.1. The summed E-state index contributed by atoms with van der Waals surface area (Å²) in [7, 11) is -1.66. The van der Waals surface area contributed by atoms with Crippen LogP contribution in [-0.4, -0.2) is 23.2 Å². The van der Waals surface area contributed by atoms with Gasteiger partial charge in [-0.25, -0.2) is 8.42 Å². The first-order valence-electron chi connectivity index (χ1n) is 6.07. The quantitative estimate of drug-likeness (QED) is 0.800. The Morgan fingerprint density at radius 3 is 2.52 bits per heavy atom. The monoisotopic (exact) mass is 320 g/mol. The predicted molar refractivity (Wildman–Crippen MR) is 81.6 cm³/mol. The minimum Gasteiger partial charge on any atom is -0.317 e. The van der Waals surface area contributed by atoms with Gasteiger partial charge in [0.05, 0.1) is 0 Å². The molecule has 2 aromatic heterocycles. The Morgan fingerprint density at radius 1 is 1.19 bits per heavy atom. The van der Waals surface area contributed by atoms with Gasteiger partial charge in [0.1, 0.15) is 10.5 Å². The number of aryl methyl sites for hydroxylation is 1. The van der Waals surface area contributed by atoms with E-state index in [1.54, 1.807) is 52.7 Å². The second-order valence-electron chi connectivity index (χ2n) is 4.38. The summed E-state index contributed by atoms with van der Waals surface area (Å²) >= 11 is 1.18. The Bertz CT molecular complexity index is 837. The first kappa shape index (κ1) is 13.8. The van der Waals surface area contributed by atoms with Crippen molar-refractivity contribution in [3.8, 4) is 11.4 Å². The molecule has 2 heterocycles. The Kier molecular flexibility index (Phi) is 3.48. The lowest BCUT2D eigenvalue weighted by Gasteiger charge is -2.07. The van der Waals surface area contributed by atoms with E-state index in [4.69, 9.17) is 0 Å². The van der Waals surface area contributed by atoms with Crippen LogP contribution in [0.25, 0.3) is 11.4 Å². The topological polar surface area (TPSA) is 76.9 Å². The van der Waals surface area contributed by atoms with E-state index in [-0.39, 0.29) is 0 Å². The number of thiophene rings is 1. The van der Waals surface area contributed by atoms with Crippen LogP contribution in [0.4, 0.5) is 5.69 Å². The van der Waals surface area contributed by atoms with Gasteiger partial charge in [-0.15, -0.1) is 21.5 Å². The summed E-state index contributed by atoms with van der Waals surface area (Å²) < 4.78 is 28.8. The van der Waals surface area contributed by atoms with E-state index >= 15 is 0 Å². The van der Waals surface area contributed by atoms with Crippen LogP contribution in [0, 0.1) is 0 Å². The second kappa shape index (κ2) is 5.30. The second-order valence-corrected chi connectivity index (χ2v) is 7.24. The molecule has 0 aliphatic carbocycles. The number of hydrogen-bond donors (Lipinski definition) is 1. The Labute approximate surface area is 126 Å². The molecule has 0 unspecified atom stereocenters. The molecule has 0 saturated heterocycles. The van der Waals surface area contributed by atoms with Crippen LogP contribution < -0.4 is 4.72 Å². The molecule has 0 spiro atoms. The van der Waals surface area contributed by atoms with E-state index in [2.05, 4.69) is 14.9 Å². The minimum atomic E-state index is -3.51. The molecule has 1 aromatic carbocycles. The third-order valence-corrected chi connectivity index (χ3v) is 5.65. The zero-order valence-electron chi connectivity index (χ0n) is 11.1. The Morgan fingerprint density at radius 2 is 1.95 bits per heavy atom. The van der Waals surface area contributed by atoms with Crippen LogP contribution in [-0.2, 0) is 17.1 Å². The van der Waals surface area contributed by atoms with Gasteiger partial charge >= 0.3 is 0 Å². The van der Waals surface area contributed by atoms with Crippen LogP contribution in [0.5, 0.6) is 0 Å². The highest BCUT2D eigenvalue weighted by Crippen LogP contribution is 2.22. The highest BCUT2D eigenvalue weighted by molar-refractivity contribution is 7.94. The van der Waals surface area contributed by atoms with Crippen LogP contribution in [0.2, 0.25) is 0 Å². The first-order valence-corrected chi connectivity index (χ1v) is 8.43. The van der Waals surface area contributed by atoms with Crippen molar-refractivity contribution >= 4 is 27.0 Å². The number of aromatic nitrogens is 3. The molecule has 0 radical (unpaired) electrons. The lowest BCUT2D eigenvalue weighted by Crippen LogP contribution is -2.11. The molecule has 0 atom stereocenters. The van der Waals surface area contributed by atoms with Crippen molar-refractivity contribution in [3.05, 3.63) is 48.1 Å². The first-order chi connectivity index (χ1) is 10.1. The fraction of sp³-hybridized carbons (Fsp3) is 0.0769. The van der Waals surface area contributed by atoms with E-state index in [9.17, 15) is 8.42 Å². The summed E-state index contributed by atoms with van der Waals surface area (Å²) in [5, 5.41) is 9.55. The van der Waals surface area contributed by atoms with Crippen molar-refractivity contribution in [3.63, 3.8) is 0 Å². The molecular formula is C13H12N4O2S2. The Hall–Kier alpha value is -2.19. The Balaban J connectivity index is 1.84. The van der Waals surface area contributed by atoms with Crippen LogP contribution in [0.1, 0.15) is 0 Å². The van der Waals surface area contributed by atoms with Gasteiger partial charge in [0, 0.05) is 18.3 Å². The van der Waals surface area contributed by atoms with Gasteiger partial charge in [0.25, 0.3) is 10.0 Å². The average Bonchev–Trinajstić information content (AvgIpc) is 3.10. The van der Waals surface area contributed by atoms with E-state index in [0.717, 1.165) is 11.4 Å². The molecule has 0 amide bonds. The van der Waals surface area contributed by atoms with E-state index in [1.807, 2.05) is 7.05 Å². The van der Waals surface area contributed by atoms with Crippen molar-refractivity contribution in [2.24, 2.45) is 7.05 Å². The normalized spacial score (nSPS) is 11.5. The average molecular weight is 320 g/mol. The number of rotatable bonds is 4.